The highest BCUT2D eigenvalue weighted by Gasteiger charge is 2.21. The number of carbonyl (C=O) groups excluding carboxylic acids is 1. The maximum Gasteiger partial charge on any atom is 0.224 e. The Morgan fingerprint density at radius 1 is 1.75 bits per heavy atom. The fraction of sp³-hybridized carbons (Fsp3) is 0.636. The third kappa shape index (κ3) is 2.82. The highest BCUT2D eigenvalue weighted by atomic mass is 16.1. The minimum atomic E-state index is 0.161. The van der Waals surface area contributed by atoms with Crippen molar-refractivity contribution in [3.63, 3.8) is 0 Å². The number of amides is 1. The SMILES string of the molecule is Cn1cc(CCNC(=O)C2CCNC2)cn1. The van der Waals surface area contributed by atoms with Gasteiger partial charge in [0.1, 0.15) is 0 Å². The number of carbonyl (C=O) groups is 1. The second-order valence-electron chi connectivity index (χ2n) is 4.25. The quantitative estimate of drug-likeness (QED) is 0.734. The predicted octanol–water partition coefficient (Wildman–Crippen LogP) is -0.312. The average molecular weight is 222 g/mol. The summed E-state index contributed by atoms with van der Waals surface area (Å²) in [5.74, 6) is 0.336. The first-order valence-corrected chi connectivity index (χ1v) is 5.71. The molecule has 0 radical (unpaired) electrons. The Kier molecular flexibility index (Phi) is 3.56. The summed E-state index contributed by atoms with van der Waals surface area (Å²) in [6.07, 6.45) is 5.62. The molecule has 2 N–H and O–H groups in total. The van der Waals surface area contributed by atoms with Crippen molar-refractivity contribution in [3.05, 3.63) is 18.0 Å². The molecule has 5 heteroatoms. The fourth-order valence-corrected chi connectivity index (χ4v) is 1.95. The zero-order valence-corrected chi connectivity index (χ0v) is 9.57. The molecule has 5 nitrogen and oxygen atoms in total. The summed E-state index contributed by atoms with van der Waals surface area (Å²) in [6.45, 7) is 2.47. The van der Waals surface area contributed by atoms with E-state index in [-0.39, 0.29) is 11.8 Å². The maximum atomic E-state index is 11.7. The van der Waals surface area contributed by atoms with E-state index >= 15 is 0 Å². The minimum Gasteiger partial charge on any atom is -0.355 e. The van der Waals surface area contributed by atoms with Crippen molar-refractivity contribution in [2.45, 2.75) is 12.8 Å². The van der Waals surface area contributed by atoms with Gasteiger partial charge in [0.05, 0.1) is 12.1 Å². The van der Waals surface area contributed by atoms with Crippen LogP contribution in [0.3, 0.4) is 0 Å². The Hall–Kier alpha value is -1.36. The Balaban J connectivity index is 1.69. The molecular formula is C11H18N4O. The molecule has 2 heterocycles. The van der Waals surface area contributed by atoms with Crippen molar-refractivity contribution in [1.82, 2.24) is 20.4 Å². The van der Waals surface area contributed by atoms with Crippen LogP contribution >= 0.6 is 0 Å². The van der Waals surface area contributed by atoms with E-state index in [1.165, 1.54) is 0 Å². The number of hydrogen-bond acceptors (Lipinski definition) is 3. The van der Waals surface area contributed by atoms with Gasteiger partial charge in [-0.1, -0.05) is 0 Å². The van der Waals surface area contributed by atoms with Crippen LogP contribution in [-0.4, -0.2) is 35.3 Å². The van der Waals surface area contributed by atoms with Gasteiger partial charge in [0.15, 0.2) is 0 Å². The van der Waals surface area contributed by atoms with E-state index in [1.807, 2.05) is 19.4 Å². The van der Waals surface area contributed by atoms with Crippen LogP contribution in [-0.2, 0) is 18.3 Å². The number of aromatic nitrogens is 2. The number of hydrogen-bond donors (Lipinski definition) is 2. The van der Waals surface area contributed by atoms with Crippen LogP contribution < -0.4 is 10.6 Å². The molecule has 1 atom stereocenters. The van der Waals surface area contributed by atoms with Crippen LogP contribution in [0.25, 0.3) is 0 Å². The van der Waals surface area contributed by atoms with Crippen LogP contribution in [0.4, 0.5) is 0 Å². The van der Waals surface area contributed by atoms with E-state index in [4.69, 9.17) is 0 Å². The Morgan fingerprint density at radius 3 is 3.25 bits per heavy atom. The van der Waals surface area contributed by atoms with Gasteiger partial charge in [0.25, 0.3) is 0 Å². The van der Waals surface area contributed by atoms with Crippen molar-refractivity contribution in [2.24, 2.45) is 13.0 Å². The molecular weight excluding hydrogens is 204 g/mol. The maximum absolute atomic E-state index is 11.7. The number of nitrogens with zero attached hydrogens (tertiary/aromatic N) is 2. The third-order valence-electron chi connectivity index (χ3n) is 2.90. The van der Waals surface area contributed by atoms with Gasteiger partial charge in [-0.15, -0.1) is 0 Å². The first-order chi connectivity index (χ1) is 7.75. The normalized spacial score (nSPS) is 19.9. The van der Waals surface area contributed by atoms with Crippen molar-refractivity contribution in [2.75, 3.05) is 19.6 Å². The summed E-state index contributed by atoms with van der Waals surface area (Å²) < 4.78 is 1.78. The standard InChI is InChI=1S/C11H18N4O/c1-15-8-9(6-14-15)2-5-13-11(16)10-3-4-12-7-10/h6,8,10,12H,2-5,7H2,1H3,(H,13,16). The molecule has 0 bridgehead atoms. The van der Waals surface area contributed by atoms with E-state index in [2.05, 4.69) is 15.7 Å². The van der Waals surface area contributed by atoms with E-state index in [0.717, 1.165) is 31.5 Å². The highest BCUT2D eigenvalue weighted by molar-refractivity contribution is 5.79. The van der Waals surface area contributed by atoms with Gasteiger partial charge in [-0.05, 0) is 24.9 Å². The van der Waals surface area contributed by atoms with Crippen LogP contribution in [0.2, 0.25) is 0 Å². The van der Waals surface area contributed by atoms with Crippen molar-refractivity contribution in [1.29, 1.82) is 0 Å². The summed E-state index contributed by atoms with van der Waals surface area (Å²) in [5.41, 5.74) is 1.16. The first kappa shape index (κ1) is 11.1. The van der Waals surface area contributed by atoms with Crippen LogP contribution in [0.15, 0.2) is 12.4 Å². The lowest BCUT2D eigenvalue weighted by molar-refractivity contribution is -0.124. The van der Waals surface area contributed by atoms with E-state index in [9.17, 15) is 4.79 Å². The molecule has 0 aromatic carbocycles. The van der Waals surface area contributed by atoms with Gasteiger partial charge < -0.3 is 10.6 Å². The van der Waals surface area contributed by atoms with Crippen LogP contribution in [0.5, 0.6) is 0 Å². The van der Waals surface area contributed by atoms with Crippen LogP contribution in [0, 0.1) is 5.92 Å². The molecule has 0 aliphatic carbocycles. The second kappa shape index (κ2) is 5.12. The zero-order chi connectivity index (χ0) is 11.4. The number of rotatable bonds is 4. The molecule has 1 saturated heterocycles. The monoisotopic (exact) mass is 222 g/mol. The van der Waals surface area contributed by atoms with Gasteiger partial charge in [-0.2, -0.15) is 5.10 Å². The fourth-order valence-electron chi connectivity index (χ4n) is 1.95. The van der Waals surface area contributed by atoms with Crippen molar-refractivity contribution < 1.29 is 4.79 Å². The smallest absolute Gasteiger partial charge is 0.224 e. The lowest BCUT2D eigenvalue weighted by Crippen LogP contribution is -2.33. The molecule has 16 heavy (non-hydrogen) atoms. The van der Waals surface area contributed by atoms with Gasteiger partial charge in [0, 0.05) is 26.3 Å². The van der Waals surface area contributed by atoms with Crippen LogP contribution in [0.1, 0.15) is 12.0 Å². The molecule has 1 fully saturated rings. The second-order valence-corrected chi connectivity index (χ2v) is 4.25. The van der Waals surface area contributed by atoms with Crippen molar-refractivity contribution >= 4 is 5.91 Å². The van der Waals surface area contributed by atoms with E-state index < -0.39 is 0 Å². The molecule has 0 spiro atoms. The van der Waals surface area contributed by atoms with Crippen molar-refractivity contribution in [3.8, 4) is 0 Å². The van der Waals surface area contributed by atoms with Gasteiger partial charge in [-0.25, -0.2) is 0 Å². The molecule has 1 unspecified atom stereocenters. The molecule has 1 aliphatic rings. The summed E-state index contributed by atoms with van der Waals surface area (Å²) in [7, 11) is 1.90. The summed E-state index contributed by atoms with van der Waals surface area (Å²) in [4.78, 5) is 11.7. The predicted molar refractivity (Wildman–Crippen MR) is 60.9 cm³/mol. The van der Waals surface area contributed by atoms with Gasteiger partial charge in [0.2, 0.25) is 5.91 Å². The molecule has 2 rings (SSSR count). The summed E-state index contributed by atoms with van der Waals surface area (Å²) >= 11 is 0. The lowest BCUT2D eigenvalue weighted by atomic mass is 10.1. The molecule has 1 aromatic rings. The minimum absolute atomic E-state index is 0.161. The number of aryl methyl sites for hydroxylation is 1. The zero-order valence-electron chi connectivity index (χ0n) is 9.57. The summed E-state index contributed by atoms with van der Waals surface area (Å²) in [5, 5.41) is 10.2. The average Bonchev–Trinajstić information content (AvgIpc) is 2.89. The molecule has 1 aliphatic heterocycles. The molecule has 0 saturated carbocycles. The topological polar surface area (TPSA) is 59.0 Å². The first-order valence-electron chi connectivity index (χ1n) is 5.71. The third-order valence-corrected chi connectivity index (χ3v) is 2.90. The molecule has 1 aromatic heterocycles. The highest BCUT2D eigenvalue weighted by Crippen LogP contribution is 2.06. The molecule has 1 amide bonds. The Bertz CT molecular complexity index is 355. The lowest BCUT2D eigenvalue weighted by Gasteiger charge is -2.08. The molecule has 88 valence electrons. The summed E-state index contributed by atoms with van der Waals surface area (Å²) in [6, 6.07) is 0. The van der Waals surface area contributed by atoms with Gasteiger partial charge >= 0.3 is 0 Å². The Morgan fingerprint density at radius 2 is 2.62 bits per heavy atom. The van der Waals surface area contributed by atoms with E-state index in [1.54, 1.807) is 4.68 Å². The number of nitrogens with one attached hydrogen (secondary N) is 2. The Labute approximate surface area is 95.2 Å². The largest absolute Gasteiger partial charge is 0.355 e. The van der Waals surface area contributed by atoms with Gasteiger partial charge in [-0.3, -0.25) is 9.48 Å². The van der Waals surface area contributed by atoms with E-state index in [0.29, 0.717) is 6.54 Å².